The molecule has 2 aromatic carbocycles. The van der Waals surface area contributed by atoms with E-state index in [1.54, 1.807) is 6.07 Å². The average Bonchev–Trinajstić information content (AvgIpc) is 3.21. The van der Waals surface area contributed by atoms with Crippen LogP contribution in [0.2, 0.25) is 0 Å². The van der Waals surface area contributed by atoms with Gasteiger partial charge in [0.1, 0.15) is 0 Å². The number of carbonyl (C=O) groups is 2. The number of hydrogen-bond acceptors (Lipinski definition) is 5. The zero-order valence-electron chi connectivity index (χ0n) is 19.4. The quantitative estimate of drug-likeness (QED) is 0.391. The molecule has 0 aliphatic carbocycles. The fourth-order valence-corrected chi connectivity index (χ4v) is 4.67. The van der Waals surface area contributed by atoms with Crippen molar-refractivity contribution in [1.29, 1.82) is 0 Å². The SMILES string of the molecule is CCn1c(SCC(=O)Nc2ccc(Br)c(C)c2C)nnc1[C@@H](C)NC(=O)c1ccccc1C. The minimum absolute atomic E-state index is 0.113. The molecule has 1 atom stereocenters. The molecule has 33 heavy (non-hydrogen) atoms. The largest absolute Gasteiger partial charge is 0.342 e. The molecule has 0 aliphatic heterocycles. The second kappa shape index (κ2) is 11.0. The van der Waals surface area contributed by atoms with Crippen LogP contribution >= 0.6 is 27.7 Å². The summed E-state index contributed by atoms with van der Waals surface area (Å²) in [5.74, 6) is 0.594. The second-order valence-electron chi connectivity index (χ2n) is 7.78. The number of halogens is 1. The molecule has 1 heterocycles. The summed E-state index contributed by atoms with van der Waals surface area (Å²) in [7, 11) is 0. The maximum Gasteiger partial charge on any atom is 0.252 e. The van der Waals surface area contributed by atoms with Crippen molar-refractivity contribution in [2.24, 2.45) is 0 Å². The molecule has 7 nitrogen and oxygen atoms in total. The number of anilines is 1. The lowest BCUT2D eigenvalue weighted by Crippen LogP contribution is -2.29. The van der Waals surface area contributed by atoms with Crippen LogP contribution in [0.3, 0.4) is 0 Å². The summed E-state index contributed by atoms with van der Waals surface area (Å²) in [6, 6.07) is 10.9. The Bertz CT molecular complexity index is 1180. The summed E-state index contributed by atoms with van der Waals surface area (Å²) in [6.45, 7) is 10.4. The fraction of sp³-hybridized carbons (Fsp3) is 0.333. The zero-order valence-corrected chi connectivity index (χ0v) is 21.8. The predicted molar refractivity (Wildman–Crippen MR) is 136 cm³/mol. The molecule has 1 aromatic heterocycles. The Hall–Kier alpha value is -2.65. The number of carbonyl (C=O) groups excluding carboxylic acids is 2. The van der Waals surface area contributed by atoms with E-state index >= 15 is 0 Å². The third kappa shape index (κ3) is 5.83. The average molecular weight is 530 g/mol. The molecule has 0 aliphatic rings. The Morgan fingerprint density at radius 2 is 1.82 bits per heavy atom. The topological polar surface area (TPSA) is 88.9 Å². The number of nitrogens with zero attached hydrogens (tertiary/aromatic N) is 3. The molecule has 174 valence electrons. The van der Waals surface area contributed by atoms with Crippen molar-refractivity contribution >= 4 is 45.2 Å². The first kappa shape index (κ1) is 25.0. The van der Waals surface area contributed by atoms with Crippen molar-refractivity contribution in [1.82, 2.24) is 20.1 Å². The number of aromatic nitrogens is 3. The number of rotatable bonds is 8. The summed E-state index contributed by atoms with van der Waals surface area (Å²) < 4.78 is 2.94. The Morgan fingerprint density at radius 1 is 1.09 bits per heavy atom. The van der Waals surface area contributed by atoms with Crippen molar-refractivity contribution in [2.75, 3.05) is 11.1 Å². The normalized spacial score (nSPS) is 11.8. The number of amides is 2. The summed E-state index contributed by atoms with van der Waals surface area (Å²) in [5, 5.41) is 15.2. The molecule has 0 saturated carbocycles. The van der Waals surface area contributed by atoms with Gasteiger partial charge in [-0.15, -0.1) is 10.2 Å². The lowest BCUT2D eigenvalue weighted by Gasteiger charge is -2.16. The van der Waals surface area contributed by atoms with E-state index in [0.717, 1.165) is 26.9 Å². The van der Waals surface area contributed by atoms with Crippen molar-refractivity contribution in [2.45, 2.75) is 52.4 Å². The van der Waals surface area contributed by atoms with Crippen LogP contribution in [-0.4, -0.2) is 32.3 Å². The molecular weight excluding hydrogens is 502 g/mol. The molecule has 9 heteroatoms. The number of benzene rings is 2. The van der Waals surface area contributed by atoms with Gasteiger partial charge in [-0.05, 0) is 69.5 Å². The van der Waals surface area contributed by atoms with Crippen LogP contribution in [0.4, 0.5) is 5.69 Å². The first-order chi connectivity index (χ1) is 15.7. The molecule has 3 aromatic rings. The van der Waals surface area contributed by atoms with Crippen LogP contribution < -0.4 is 10.6 Å². The van der Waals surface area contributed by atoms with E-state index in [-0.39, 0.29) is 23.6 Å². The predicted octanol–water partition coefficient (Wildman–Crippen LogP) is 5.21. The number of aryl methyl sites for hydroxylation is 1. The lowest BCUT2D eigenvalue weighted by atomic mass is 10.1. The molecule has 0 radical (unpaired) electrons. The third-order valence-corrected chi connectivity index (χ3v) is 7.34. The Morgan fingerprint density at radius 3 is 2.52 bits per heavy atom. The van der Waals surface area contributed by atoms with E-state index in [1.165, 1.54) is 11.8 Å². The van der Waals surface area contributed by atoms with Crippen molar-refractivity contribution in [3.05, 3.63) is 68.9 Å². The summed E-state index contributed by atoms with van der Waals surface area (Å²) in [4.78, 5) is 25.2. The molecule has 0 bridgehead atoms. The molecule has 3 rings (SSSR count). The van der Waals surface area contributed by atoms with Gasteiger partial charge in [0.2, 0.25) is 5.91 Å². The lowest BCUT2D eigenvalue weighted by molar-refractivity contribution is -0.113. The van der Waals surface area contributed by atoms with Crippen LogP contribution in [0, 0.1) is 20.8 Å². The highest BCUT2D eigenvalue weighted by atomic mass is 79.9. The van der Waals surface area contributed by atoms with Crippen LogP contribution in [0.15, 0.2) is 46.0 Å². The molecular formula is C24H28BrN5O2S. The van der Waals surface area contributed by atoms with Gasteiger partial charge < -0.3 is 15.2 Å². The summed E-state index contributed by atoms with van der Waals surface area (Å²) in [5.41, 5.74) is 4.47. The van der Waals surface area contributed by atoms with Gasteiger partial charge in [-0.1, -0.05) is 45.9 Å². The van der Waals surface area contributed by atoms with Crippen LogP contribution in [0.5, 0.6) is 0 Å². The zero-order chi connectivity index (χ0) is 24.1. The van der Waals surface area contributed by atoms with E-state index < -0.39 is 0 Å². The highest BCUT2D eigenvalue weighted by Gasteiger charge is 2.21. The van der Waals surface area contributed by atoms with Gasteiger partial charge in [0.15, 0.2) is 11.0 Å². The van der Waals surface area contributed by atoms with E-state index in [1.807, 2.05) is 69.5 Å². The first-order valence-electron chi connectivity index (χ1n) is 10.7. The van der Waals surface area contributed by atoms with Crippen LogP contribution in [-0.2, 0) is 11.3 Å². The van der Waals surface area contributed by atoms with E-state index in [0.29, 0.717) is 23.1 Å². The first-order valence-corrected chi connectivity index (χ1v) is 12.5. The molecule has 2 amide bonds. The van der Waals surface area contributed by atoms with Gasteiger partial charge in [-0.3, -0.25) is 9.59 Å². The molecule has 2 N–H and O–H groups in total. The minimum Gasteiger partial charge on any atom is -0.342 e. The Balaban J connectivity index is 1.65. The number of thioether (sulfide) groups is 1. The third-order valence-electron chi connectivity index (χ3n) is 5.51. The number of nitrogens with one attached hydrogen (secondary N) is 2. The highest BCUT2D eigenvalue weighted by molar-refractivity contribution is 9.10. The van der Waals surface area contributed by atoms with Crippen molar-refractivity contribution in [3.63, 3.8) is 0 Å². The summed E-state index contributed by atoms with van der Waals surface area (Å²) >= 11 is 4.83. The maximum atomic E-state index is 12.7. The Labute approximate surface area is 206 Å². The summed E-state index contributed by atoms with van der Waals surface area (Å²) in [6.07, 6.45) is 0. The van der Waals surface area contributed by atoms with Gasteiger partial charge in [0.25, 0.3) is 5.91 Å². The minimum atomic E-state index is -0.332. The van der Waals surface area contributed by atoms with Gasteiger partial charge in [0, 0.05) is 22.3 Å². The second-order valence-corrected chi connectivity index (χ2v) is 9.57. The van der Waals surface area contributed by atoms with Gasteiger partial charge in [-0.2, -0.15) is 0 Å². The van der Waals surface area contributed by atoms with E-state index in [2.05, 4.69) is 36.8 Å². The van der Waals surface area contributed by atoms with Crippen molar-refractivity contribution in [3.8, 4) is 0 Å². The van der Waals surface area contributed by atoms with Gasteiger partial charge in [0.05, 0.1) is 11.8 Å². The number of hydrogen-bond donors (Lipinski definition) is 2. The highest BCUT2D eigenvalue weighted by Crippen LogP contribution is 2.26. The van der Waals surface area contributed by atoms with Gasteiger partial charge in [-0.25, -0.2) is 0 Å². The molecule has 0 saturated heterocycles. The molecule has 0 unspecified atom stereocenters. The van der Waals surface area contributed by atoms with Gasteiger partial charge >= 0.3 is 0 Å². The molecule has 0 fully saturated rings. The van der Waals surface area contributed by atoms with E-state index in [9.17, 15) is 9.59 Å². The van der Waals surface area contributed by atoms with Crippen LogP contribution in [0.25, 0.3) is 0 Å². The Kier molecular flexibility index (Phi) is 8.31. The van der Waals surface area contributed by atoms with Crippen molar-refractivity contribution < 1.29 is 9.59 Å². The standard InChI is InChI=1S/C24H28BrN5O2S/c1-6-30-22(17(5)26-23(32)18-10-8-7-9-14(18)2)28-29-24(30)33-13-21(31)27-20-12-11-19(25)15(3)16(20)4/h7-12,17H,6,13H2,1-5H3,(H,26,32)(H,27,31)/t17-/m1/s1. The smallest absolute Gasteiger partial charge is 0.252 e. The maximum absolute atomic E-state index is 12.7. The fourth-order valence-electron chi connectivity index (χ4n) is 3.43. The van der Waals surface area contributed by atoms with Crippen LogP contribution in [0.1, 0.15) is 52.8 Å². The monoisotopic (exact) mass is 529 g/mol. The van der Waals surface area contributed by atoms with E-state index in [4.69, 9.17) is 0 Å². The molecule has 0 spiro atoms.